The monoisotopic (exact) mass is 229 g/mol. The molecule has 1 heterocycles. The van der Waals surface area contributed by atoms with Gasteiger partial charge in [-0.3, -0.25) is 4.98 Å². The van der Waals surface area contributed by atoms with E-state index in [-0.39, 0.29) is 11.5 Å². The van der Waals surface area contributed by atoms with E-state index in [4.69, 9.17) is 4.74 Å². The zero-order valence-corrected chi connectivity index (χ0v) is 8.17. The van der Waals surface area contributed by atoms with Crippen LogP contribution in [0.3, 0.4) is 0 Å². The Kier molecular flexibility index (Phi) is 3.22. The van der Waals surface area contributed by atoms with Crippen LogP contribution >= 0.6 is 15.9 Å². The SMILES string of the molecule is Cc1ncccc1C(=O)OCBr. The van der Waals surface area contributed by atoms with Crippen LogP contribution in [0.15, 0.2) is 18.3 Å². The van der Waals surface area contributed by atoms with E-state index >= 15 is 0 Å². The van der Waals surface area contributed by atoms with Crippen molar-refractivity contribution in [1.82, 2.24) is 4.98 Å². The van der Waals surface area contributed by atoms with Crippen LogP contribution in [0.5, 0.6) is 0 Å². The molecule has 0 unspecified atom stereocenters. The van der Waals surface area contributed by atoms with Crippen molar-refractivity contribution in [3.05, 3.63) is 29.6 Å². The Morgan fingerprint density at radius 3 is 3.08 bits per heavy atom. The van der Waals surface area contributed by atoms with Gasteiger partial charge in [0.2, 0.25) is 0 Å². The third-order valence-corrected chi connectivity index (χ3v) is 1.64. The Morgan fingerprint density at radius 1 is 1.75 bits per heavy atom. The van der Waals surface area contributed by atoms with Crippen LogP contribution in [0.4, 0.5) is 0 Å². The van der Waals surface area contributed by atoms with Gasteiger partial charge in [-0.25, -0.2) is 4.79 Å². The van der Waals surface area contributed by atoms with E-state index in [1.165, 1.54) is 0 Å². The van der Waals surface area contributed by atoms with Gasteiger partial charge >= 0.3 is 5.97 Å². The number of halogens is 1. The highest BCUT2D eigenvalue weighted by Crippen LogP contribution is 2.05. The molecule has 0 radical (unpaired) electrons. The van der Waals surface area contributed by atoms with Crippen molar-refractivity contribution in [3.63, 3.8) is 0 Å². The number of alkyl halides is 1. The molecule has 1 rings (SSSR count). The number of hydrogen-bond acceptors (Lipinski definition) is 3. The summed E-state index contributed by atoms with van der Waals surface area (Å²) in [5, 5.41) is 0. The molecule has 1 aromatic heterocycles. The van der Waals surface area contributed by atoms with E-state index in [0.29, 0.717) is 11.3 Å². The first-order valence-corrected chi connectivity index (χ1v) is 4.52. The maximum Gasteiger partial charge on any atom is 0.340 e. The summed E-state index contributed by atoms with van der Waals surface area (Å²) in [6.07, 6.45) is 1.64. The number of aryl methyl sites for hydroxylation is 1. The zero-order chi connectivity index (χ0) is 8.97. The predicted molar refractivity (Wildman–Crippen MR) is 48.2 cm³/mol. The van der Waals surface area contributed by atoms with Gasteiger partial charge in [-0.15, -0.1) is 0 Å². The van der Waals surface area contributed by atoms with Crippen molar-refractivity contribution in [3.8, 4) is 0 Å². The molecule has 0 aliphatic heterocycles. The summed E-state index contributed by atoms with van der Waals surface area (Å²) in [4.78, 5) is 15.1. The molecule has 0 aliphatic rings. The lowest BCUT2D eigenvalue weighted by atomic mass is 10.2. The van der Waals surface area contributed by atoms with Gasteiger partial charge in [-0.2, -0.15) is 0 Å². The molecule has 0 aromatic carbocycles. The number of hydrogen-bond donors (Lipinski definition) is 0. The molecule has 0 N–H and O–H groups in total. The third kappa shape index (κ3) is 2.04. The second-order valence-corrected chi connectivity index (χ2v) is 2.64. The number of ether oxygens (including phenoxy) is 1. The molecule has 0 amide bonds. The highest BCUT2D eigenvalue weighted by molar-refractivity contribution is 9.09. The first-order valence-electron chi connectivity index (χ1n) is 3.40. The average molecular weight is 230 g/mol. The second kappa shape index (κ2) is 4.21. The zero-order valence-electron chi connectivity index (χ0n) is 6.58. The van der Waals surface area contributed by atoms with Gasteiger partial charge in [0.1, 0.15) is 5.52 Å². The summed E-state index contributed by atoms with van der Waals surface area (Å²) in [6.45, 7) is 1.77. The summed E-state index contributed by atoms with van der Waals surface area (Å²) in [5.41, 5.74) is 1.40. The Morgan fingerprint density at radius 2 is 2.50 bits per heavy atom. The summed E-state index contributed by atoms with van der Waals surface area (Å²) in [7, 11) is 0. The predicted octanol–water partition coefficient (Wildman–Crippen LogP) is 1.90. The summed E-state index contributed by atoms with van der Waals surface area (Å²) >= 11 is 3.01. The van der Waals surface area contributed by atoms with Gasteiger partial charge in [-0.05, 0) is 35.0 Å². The molecule has 1 aromatic rings. The summed E-state index contributed by atoms with van der Waals surface area (Å²) in [5.74, 6) is -0.350. The molecule has 0 fully saturated rings. The Bertz CT molecular complexity index is 288. The fraction of sp³-hybridized carbons (Fsp3) is 0.250. The van der Waals surface area contributed by atoms with Crippen molar-refractivity contribution in [2.45, 2.75) is 6.92 Å². The lowest BCUT2D eigenvalue weighted by Gasteiger charge is -2.02. The molecule has 64 valence electrons. The minimum absolute atomic E-state index is 0.208. The van der Waals surface area contributed by atoms with E-state index < -0.39 is 0 Å². The summed E-state index contributed by atoms with van der Waals surface area (Å²) < 4.78 is 4.75. The Labute approximate surface area is 78.9 Å². The van der Waals surface area contributed by atoms with E-state index in [1.54, 1.807) is 25.3 Å². The lowest BCUT2D eigenvalue weighted by Crippen LogP contribution is -2.06. The van der Waals surface area contributed by atoms with Crippen molar-refractivity contribution in [2.24, 2.45) is 0 Å². The van der Waals surface area contributed by atoms with E-state index in [1.807, 2.05) is 0 Å². The van der Waals surface area contributed by atoms with E-state index in [9.17, 15) is 4.79 Å². The maximum atomic E-state index is 11.2. The molecule has 4 heteroatoms. The average Bonchev–Trinajstić information content (AvgIpc) is 2.05. The van der Waals surface area contributed by atoms with Crippen LogP contribution in [-0.2, 0) is 4.74 Å². The van der Waals surface area contributed by atoms with Gasteiger partial charge in [0.05, 0.1) is 11.3 Å². The van der Waals surface area contributed by atoms with Gasteiger partial charge in [-0.1, -0.05) is 0 Å². The standard InChI is InChI=1S/C8H8BrNO2/c1-6-7(3-2-4-10-6)8(11)12-5-9/h2-4H,5H2,1H3. The fourth-order valence-electron chi connectivity index (χ4n) is 0.827. The number of carbonyl (C=O) groups excluding carboxylic acids is 1. The quantitative estimate of drug-likeness (QED) is 0.575. The number of esters is 1. The first-order chi connectivity index (χ1) is 5.75. The number of carbonyl (C=O) groups is 1. The largest absolute Gasteiger partial charge is 0.450 e. The van der Waals surface area contributed by atoms with E-state index in [2.05, 4.69) is 20.9 Å². The van der Waals surface area contributed by atoms with Gasteiger partial charge in [0, 0.05) is 6.20 Å². The molecule has 3 nitrogen and oxygen atoms in total. The Hall–Kier alpha value is -0.900. The Balaban J connectivity index is 2.87. The van der Waals surface area contributed by atoms with Crippen molar-refractivity contribution in [2.75, 3.05) is 5.52 Å². The van der Waals surface area contributed by atoms with Crippen LogP contribution < -0.4 is 0 Å². The number of pyridine rings is 1. The van der Waals surface area contributed by atoms with Crippen LogP contribution in [-0.4, -0.2) is 16.5 Å². The van der Waals surface area contributed by atoms with Crippen LogP contribution in [0.25, 0.3) is 0 Å². The van der Waals surface area contributed by atoms with Gasteiger partial charge < -0.3 is 4.74 Å². The number of rotatable bonds is 2. The molecule has 0 spiro atoms. The topological polar surface area (TPSA) is 39.2 Å². The first kappa shape index (κ1) is 9.19. The molecule has 0 saturated heterocycles. The summed E-state index contributed by atoms with van der Waals surface area (Å²) in [6, 6.07) is 3.39. The lowest BCUT2D eigenvalue weighted by molar-refractivity contribution is 0.0582. The van der Waals surface area contributed by atoms with Crippen LogP contribution in [0.2, 0.25) is 0 Å². The van der Waals surface area contributed by atoms with Crippen LogP contribution in [0, 0.1) is 6.92 Å². The van der Waals surface area contributed by atoms with Gasteiger partial charge in [0.15, 0.2) is 0 Å². The third-order valence-electron chi connectivity index (χ3n) is 1.41. The number of aromatic nitrogens is 1. The highest BCUT2D eigenvalue weighted by atomic mass is 79.9. The van der Waals surface area contributed by atoms with E-state index in [0.717, 1.165) is 0 Å². The molecular formula is C8H8BrNO2. The van der Waals surface area contributed by atoms with Gasteiger partial charge in [0.25, 0.3) is 0 Å². The molecular weight excluding hydrogens is 222 g/mol. The maximum absolute atomic E-state index is 11.2. The highest BCUT2D eigenvalue weighted by Gasteiger charge is 2.08. The molecule has 0 saturated carbocycles. The molecule has 0 atom stereocenters. The van der Waals surface area contributed by atoms with Crippen molar-refractivity contribution in [1.29, 1.82) is 0 Å². The van der Waals surface area contributed by atoms with Crippen molar-refractivity contribution < 1.29 is 9.53 Å². The number of nitrogens with zero attached hydrogens (tertiary/aromatic N) is 1. The fourth-order valence-corrected chi connectivity index (χ4v) is 1.04. The minimum atomic E-state index is -0.350. The minimum Gasteiger partial charge on any atom is -0.450 e. The molecule has 0 bridgehead atoms. The smallest absolute Gasteiger partial charge is 0.340 e. The van der Waals surface area contributed by atoms with Crippen LogP contribution in [0.1, 0.15) is 16.1 Å². The molecule has 12 heavy (non-hydrogen) atoms. The molecule has 0 aliphatic carbocycles. The van der Waals surface area contributed by atoms with Crippen molar-refractivity contribution >= 4 is 21.9 Å². The normalized spacial score (nSPS) is 9.50. The second-order valence-electron chi connectivity index (χ2n) is 2.18.